The number of benzene rings is 2. The monoisotopic (exact) mass is 571 g/mol. The van der Waals surface area contributed by atoms with Gasteiger partial charge >= 0.3 is 18.2 Å². The molecule has 3 aliphatic rings. The highest BCUT2D eigenvalue weighted by Gasteiger charge is 2.35. The molecule has 2 atom stereocenters. The molecule has 1 aliphatic carbocycles. The second-order valence-electron chi connectivity index (χ2n) is 10.5. The Morgan fingerprint density at radius 3 is 2.56 bits per heavy atom. The van der Waals surface area contributed by atoms with Crippen molar-refractivity contribution < 1.29 is 37.3 Å². The number of ether oxygens (including phenoxy) is 2. The maximum Gasteiger partial charge on any atom is 0.418 e. The average Bonchev–Trinajstić information content (AvgIpc) is 2.96. The zero-order valence-corrected chi connectivity index (χ0v) is 22.6. The molecule has 41 heavy (non-hydrogen) atoms. The minimum absolute atomic E-state index is 0.0473. The van der Waals surface area contributed by atoms with Crippen LogP contribution in [-0.4, -0.2) is 48.3 Å². The van der Waals surface area contributed by atoms with Gasteiger partial charge in [0.25, 0.3) is 0 Å². The molecule has 2 aliphatic heterocycles. The molecule has 8 nitrogen and oxygen atoms in total. The van der Waals surface area contributed by atoms with Crippen molar-refractivity contribution in [3.05, 3.63) is 65.7 Å². The first kappa shape index (κ1) is 28.5. The van der Waals surface area contributed by atoms with Crippen LogP contribution in [0.3, 0.4) is 0 Å². The molecule has 11 heteroatoms. The van der Waals surface area contributed by atoms with Gasteiger partial charge in [-0.1, -0.05) is 31.2 Å². The zero-order chi connectivity index (χ0) is 29.1. The number of anilines is 2. The third-order valence-corrected chi connectivity index (χ3v) is 7.78. The second kappa shape index (κ2) is 11.8. The number of amides is 2. The Labute approximate surface area is 235 Å². The Hall–Kier alpha value is -4.02. The van der Waals surface area contributed by atoms with Crippen molar-refractivity contribution >= 4 is 29.3 Å². The van der Waals surface area contributed by atoms with Crippen LogP contribution in [0.5, 0.6) is 5.75 Å². The summed E-state index contributed by atoms with van der Waals surface area (Å²) < 4.78 is 52.6. The number of fused-ring (bicyclic) bond motifs is 1. The van der Waals surface area contributed by atoms with E-state index < -0.39 is 23.7 Å². The van der Waals surface area contributed by atoms with Gasteiger partial charge in [0.15, 0.2) is 0 Å². The Morgan fingerprint density at radius 2 is 1.90 bits per heavy atom. The van der Waals surface area contributed by atoms with Crippen molar-refractivity contribution in [3.63, 3.8) is 0 Å². The van der Waals surface area contributed by atoms with Crippen molar-refractivity contribution in [2.45, 2.75) is 63.3 Å². The summed E-state index contributed by atoms with van der Waals surface area (Å²) in [6.45, 7) is 2.57. The summed E-state index contributed by atoms with van der Waals surface area (Å²) in [6, 6.07) is 9.69. The van der Waals surface area contributed by atoms with E-state index >= 15 is 0 Å². The number of aliphatic carboxylic acids is 1. The van der Waals surface area contributed by atoms with Gasteiger partial charge in [-0.2, -0.15) is 13.2 Å². The van der Waals surface area contributed by atoms with Crippen LogP contribution < -0.4 is 15.0 Å². The lowest BCUT2D eigenvalue weighted by Crippen LogP contribution is -2.45. The summed E-state index contributed by atoms with van der Waals surface area (Å²) in [5.74, 6) is -0.103. The van der Waals surface area contributed by atoms with E-state index in [4.69, 9.17) is 9.47 Å². The Balaban J connectivity index is 1.27. The second-order valence-corrected chi connectivity index (χ2v) is 10.5. The summed E-state index contributed by atoms with van der Waals surface area (Å²) in [4.78, 5) is 30.4. The van der Waals surface area contributed by atoms with E-state index in [9.17, 15) is 27.9 Å². The number of para-hydroxylation sites is 1. The molecule has 2 N–H and O–H groups in total. The third kappa shape index (κ3) is 6.49. The fourth-order valence-electron chi connectivity index (χ4n) is 5.42. The SMILES string of the molecule is CCC1CN(C(=O)Nc2ccccc2C(F)(F)F)c2ccc(C3C=CC(OC4CCC(C(=O)O)CC4)=NC3)cc2O1. The number of nitrogens with one attached hydrogen (secondary N) is 1. The lowest BCUT2D eigenvalue weighted by Gasteiger charge is -2.35. The van der Waals surface area contributed by atoms with Crippen LogP contribution in [0.25, 0.3) is 0 Å². The number of rotatable bonds is 5. The summed E-state index contributed by atoms with van der Waals surface area (Å²) in [5, 5.41) is 11.6. The molecule has 0 bridgehead atoms. The number of urea groups is 1. The molecule has 2 amide bonds. The molecule has 2 aromatic carbocycles. The molecule has 1 saturated carbocycles. The van der Waals surface area contributed by atoms with Gasteiger partial charge in [0.05, 0.1) is 35.9 Å². The highest BCUT2D eigenvalue weighted by molar-refractivity contribution is 6.03. The van der Waals surface area contributed by atoms with Gasteiger partial charge in [-0.05, 0) is 68.0 Å². The van der Waals surface area contributed by atoms with Crippen LogP contribution in [-0.2, 0) is 15.7 Å². The van der Waals surface area contributed by atoms with Gasteiger partial charge in [-0.3, -0.25) is 14.7 Å². The van der Waals surface area contributed by atoms with Gasteiger partial charge in [0.1, 0.15) is 18.0 Å². The minimum Gasteiger partial charge on any atom is -0.486 e. The number of carbonyl (C=O) groups is 2. The van der Waals surface area contributed by atoms with Crippen molar-refractivity contribution in [2.24, 2.45) is 10.9 Å². The predicted molar refractivity (Wildman–Crippen MR) is 148 cm³/mol. The van der Waals surface area contributed by atoms with Crippen LogP contribution in [0.15, 0.2) is 59.6 Å². The maximum absolute atomic E-state index is 13.5. The van der Waals surface area contributed by atoms with Crippen LogP contribution >= 0.6 is 0 Å². The molecule has 1 fully saturated rings. The molecule has 2 heterocycles. The van der Waals surface area contributed by atoms with Crippen molar-refractivity contribution in [2.75, 3.05) is 23.3 Å². The Bertz CT molecular complexity index is 1350. The van der Waals surface area contributed by atoms with E-state index in [-0.39, 0.29) is 36.3 Å². The average molecular weight is 572 g/mol. The lowest BCUT2D eigenvalue weighted by molar-refractivity contribution is -0.143. The fraction of sp³-hybridized carbons (Fsp3) is 0.433. The number of carboxylic acids is 1. The number of carboxylic acid groups (broad SMARTS) is 1. The van der Waals surface area contributed by atoms with Crippen molar-refractivity contribution in [1.82, 2.24) is 0 Å². The molecular weight excluding hydrogens is 539 g/mol. The van der Waals surface area contributed by atoms with Crippen molar-refractivity contribution in [3.8, 4) is 5.75 Å². The van der Waals surface area contributed by atoms with Crippen LogP contribution in [0.4, 0.5) is 29.3 Å². The van der Waals surface area contributed by atoms with E-state index in [1.165, 1.54) is 23.1 Å². The number of halogens is 3. The molecule has 0 aromatic heterocycles. The number of alkyl halides is 3. The number of nitrogens with zero attached hydrogens (tertiary/aromatic N) is 2. The van der Waals surface area contributed by atoms with Gasteiger partial charge in [0, 0.05) is 5.92 Å². The minimum atomic E-state index is -4.60. The molecule has 2 aromatic rings. The summed E-state index contributed by atoms with van der Waals surface area (Å²) in [6.07, 6.45) is 2.00. The summed E-state index contributed by atoms with van der Waals surface area (Å²) in [5.41, 5.74) is 0.181. The van der Waals surface area contributed by atoms with E-state index in [1.54, 1.807) is 6.07 Å². The number of carbonyl (C=O) groups excluding carboxylic acids is 1. The van der Waals surface area contributed by atoms with E-state index in [0.29, 0.717) is 56.0 Å². The summed E-state index contributed by atoms with van der Waals surface area (Å²) >= 11 is 0. The smallest absolute Gasteiger partial charge is 0.418 e. The molecule has 2 unspecified atom stereocenters. The van der Waals surface area contributed by atoms with Crippen molar-refractivity contribution in [1.29, 1.82) is 0 Å². The molecular formula is C30H32F3N3O5. The fourth-order valence-corrected chi connectivity index (χ4v) is 5.42. The number of hydrogen-bond donors (Lipinski definition) is 2. The van der Waals surface area contributed by atoms with E-state index in [0.717, 1.165) is 11.6 Å². The van der Waals surface area contributed by atoms with Crippen LogP contribution in [0.2, 0.25) is 0 Å². The summed E-state index contributed by atoms with van der Waals surface area (Å²) in [7, 11) is 0. The highest BCUT2D eigenvalue weighted by atomic mass is 19.4. The maximum atomic E-state index is 13.5. The number of aliphatic imine (C=N–C) groups is 1. The standard InChI is InChI=1S/C30H32F3N3O5/c1-2-21-17-36(29(39)35-24-6-4-3-5-23(24)30(31,32)33)25-13-9-19(15-26(25)40-21)20-10-14-27(34-16-20)41-22-11-7-18(8-12-22)28(37)38/h3-6,9-10,13-15,18,20-22H,2,7-8,11-12,16-17H2,1H3,(H,35,39)(H,37,38). The third-order valence-electron chi connectivity index (χ3n) is 7.78. The van der Waals surface area contributed by atoms with Gasteiger partial charge in [-0.25, -0.2) is 4.79 Å². The van der Waals surface area contributed by atoms with Gasteiger partial charge < -0.3 is 19.9 Å². The first-order valence-corrected chi connectivity index (χ1v) is 13.8. The largest absolute Gasteiger partial charge is 0.486 e. The lowest BCUT2D eigenvalue weighted by atomic mass is 9.87. The van der Waals surface area contributed by atoms with Crippen LogP contribution in [0, 0.1) is 5.92 Å². The molecule has 0 spiro atoms. The quantitative estimate of drug-likeness (QED) is 0.420. The predicted octanol–water partition coefficient (Wildman–Crippen LogP) is 6.63. The highest BCUT2D eigenvalue weighted by Crippen LogP contribution is 2.39. The molecule has 218 valence electrons. The Morgan fingerprint density at radius 1 is 1.15 bits per heavy atom. The number of hydrogen-bond acceptors (Lipinski definition) is 5. The molecule has 5 rings (SSSR count). The topological polar surface area (TPSA) is 100 Å². The first-order valence-electron chi connectivity index (χ1n) is 13.8. The zero-order valence-electron chi connectivity index (χ0n) is 22.6. The van der Waals surface area contributed by atoms with Gasteiger partial charge in [-0.15, -0.1) is 0 Å². The molecule has 0 radical (unpaired) electrons. The number of dihydropyridines is 1. The molecule has 0 saturated heterocycles. The van der Waals surface area contributed by atoms with E-state index in [1.807, 2.05) is 31.2 Å². The van der Waals surface area contributed by atoms with Gasteiger partial charge in [0.2, 0.25) is 5.90 Å². The normalized spacial score (nSPS) is 24.1. The van der Waals surface area contributed by atoms with E-state index in [2.05, 4.69) is 10.3 Å². The van der Waals surface area contributed by atoms with Crippen LogP contribution in [0.1, 0.15) is 56.1 Å². The first-order chi connectivity index (χ1) is 19.6. The Kier molecular flexibility index (Phi) is 8.23.